The van der Waals surface area contributed by atoms with Gasteiger partial charge in [-0.15, -0.1) is 0 Å². The number of hydrogen-bond acceptors (Lipinski definition) is 2. The molecule has 3 heteroatoms. The Morgan fingerprint density at radius 3 is 2.62 bits per heavy atom. The number of carbonyl (C=O) groups is 1. The fourth-order valence-corrected chi connectivity index (χ4v) is 1.07. The van der Waals surface area contributed by atoms with Crippen molar-refractivity contribution in [3.05, 3.63) is 11.6 Å². The van der Waals surface area contributed by atoms with E-state index < -0.39 is 5.60 Å². The summed E-state index contributed by atoms with van der Waals surface area (Å²) in [6.07, 6.45) is 4.95. The van der Waals surface area contributed by atoms with Gasteiger partial charge in [0.25, 0.3) is 0 Å². The van der Waals surface area contributed by atoms with E-state index in [0.29, 0.717) is 6.54 Å². The first-order chi connectivity index (χ1) is 5.97. The Bertz CT molecular complexity index is 220. The second kappa shape index (κ2) is 3.92. The molecule has 0 atom stereocenters. The van der Waals surface area contributed by atoms with E-state index in [0.717, 1.165) is 12.8 Å². The summed E-state index contributed by atoms with van der Waals surface area (Å²) in [5.74, 6) is -0.0863. The van der Waals surface area contributed by atoms with Crippen LogP contribution in [0.25, 0.3) is 0 Å². The summed E-state index contributed by atoms with van der Waals surface area (Å²) in [5, 5.41) is 12.0. The molecule has 0 aromatic rings. The standard InChI is InChI=1S/C10H17NO2/c1-10(2,13)7-11-9(12)6-8-4-3-5-8/h6,13H,3-5,7H2,1-2H3,(H,11,12). The van der Waals surface area contributed by atoms with Crippen molar-refractivity contribution in [1.82, 2.24) is 5.32 Å². The largest absolute Gasteiger partial charge is 0.389 e. The van der Waals surface area contributed by atoms with Crippen LogP contribution >= 0.6 is 0 Å². The summed E-state index contributed by atoms with van der Waals surface area (Å²) in [4.78, 5) is 11.2. The zero-order valence-corrected chi connectivity index (χ0v) is 8.26. The van der Waals surface area contributed by atoms with Gasteiger partial charge in [-0.05, 0) is 33.1 Å². The molecule has 0 saturated heterocycles. The maximum Gasteiger partial charge on any atom is 0.244 e. The molecule has 0 unspecified atom stereocenters. The molecule has 2 N–H and O–H groups in total. The van der Waals surface area contributed by atoms with Crippen LogP contribution in [0.3, 0.4) is 0 Å². The number of amides is 1. The average Bonchev–Trinajstić information content (AvgIpc) is 1.91. The summed E-state index contributed by atoms with van der Waals surface area (Å²) in [6.45, 7) is 3.64. The predicted molar refractivity (Wildman–Crippen MR) is 51.2 cm³/mol. The van der Waals surface area contributed by atoms with Crippen LogP contribution in [-0.4, -0.2) is 23.2 Å². The number of aliphatic hydroxyl groups is 1. The fourth-order valence-electron chi connectivity index (χ4n) is 1.07. The monoisotopic (exact) mass is 183 g/mol. The van der Waals surface area contributed by atoms with Gasteiger partial charge in [-0.1, -0.05) is 5.57 Å². The maximum absolute atomic E-state index is 11.2. The summed E-state index contributed by atoms with van der Waals surface area (Å²) in [5.41, 5.74) is 0.390. The lowest BCUT2D eigenvalue weighted by molar-refractivity contribution is -0.117. The first kappa shape index (κ1) is 10.3. The zero-order valence-electron chi connectivity index (χ0n) is 8.26. The molecule has 3 nitrogen and oxygen atoms in total. The van der Waals surface area contributed by atoms with E-state index >= 15 is 0 Å². The molecule has 0 bridgehead atoms. The Morgan fingerprint density at radius 2 is 2.23 bits per heavy atom. The van der Waals surface area contributed by atoms with Gasteiger partial charge in [-0.2, -0.15) is 0 Å². The van der Waals surface area contributed by atoms with Gasteiger partial charge in [0, 0.05) is 12.6 Å². The van der Waals surface area contributed by atoms with E-state index in [2.05, 4.69) is 5.32 Å². The Labute approximate surface area is 78.8 Å². The third kappa shape index (κ3) is 4.08. The molecular formula is C10H17NO2. The molecule has 0 aromatic heterocycles. The molecule has 0 spiro atoms. The van der Waals surface area contributed by atoms with Crippen LogP contribution in [0.1, 0.15) is 33.1 Å². The minimum absolute atomic E-state index is 0.0863. The van der Waals surface area contributed by atoms with Gasteiger partial charge in [0.05, 0.1) is 5.60 Å². The van der Waals surface area contributed by atoms with Gasteiger partial charge in [0.1, 0.15) is 0 Å². The van der Waals surface area contributed by atoms with Crippen LogP contribution in [0.4, 0.5) is 0 Å². The van der Waals surface area contributed by atoms with Crippen molar-refractivity contribution >= 4 is 5.91 Å². The lowest BCUT2D eigenvalue weighted by Gasteiger charge is -2.18. The molecule has 1 rings (SSSR count). The van der Waals surface area contributed by atoms with E-state index in [1.54, 1.807) is 19.9 Å². The van der Waals surface area contributed by atoms with Gasteiger partial charge in [0.15, 0.2) is 0 Å². The van der Waals surface area contributed by atoms with Crippen LogP contribution < -0.4 is 5.32 Å². The Hall–Kier alpha value is -0.830. The lowest BCUT2D eigenvalue weighted by Crippen LogP contribution is -2.37. The molecule has 0 heterocycles. The first-order valence-electron chi connectivity index (χ1n) is 4.67. The van der Waals surface area contributed by atoms with Crippen molar-refractivity contribution < 1.29 is 9.90 Å². The number of nitrogens with one attached hydrogen (secondary N) is 1. The maximum atomic E-state index is 11.2. The number of carbonyl (C=O) groups excluding carboxylic acids is 1. The molecule has 1 amide bonds. The minimum Gasteiger partial charge on any atom is -0.389 e. The predicted octanol–water partition coefficient (Wildman–Crippen LogP) is 0.984. The first-order valence-corrected chi connectivity index (χ1v) is 4.67. The molecule has 1 aliphatic rings. The molecule has 1 saturated carbocycles. The Kier molecular flexibility index (Phi) is 3.09. The molecule has 1 aliphatic carbocycles. The topological polar surface area (TPSA) is 49.3 Å². The molecule has 0 aromatic carbocycles. The van der Waals surface area contributed by atoms with Crippen molar-refractivity contribution in [2.75, 3.05) is 6.54 Å². The molecule has 74 valence electrons. The van der Waals surface area contributed by atoms with Crippen LogP contribution in [0.2, 0.25) is 0 Å². The van der Waals surface area contributed by atoms with Crippen molar-refractivity contribution in [3.8, 4) is 0 Å². The van der Waals surface area contributed by atoms with Crippen molar-refractivity contribution in [1.29, 1.82) is 0 Å². The highest BCUT2D eigenvalue weighted by Gasteiger charge is 2.14. The second-order valence-electron chi connectivity index (χ2n) is 4.19. The normalized spacial score (nSPS) is 16.4. The minimum atomic E-state index is -0.826. The Balaban J connectivity index is 2.25. The highest BCUT2D eigenvalue weighted by atomic mass is 16.3. The van der Waals surface area contributed by atoms with E-state index in [1.807, 2.05) is 0 Å². The van der Waals surface area contributed by atoms with Crippen molar-refractivity contribution in [2.45, 2.75) is 38.7 Å². The van der Waals surface area contributed by atoms with Crippen molar-refractivity contribution in [2.24, 2.45) is 0 Å². The SMILES string of the molecule is CC(C)(O)CNC(=O)C=C1CCC1. The summed E-state index contributed by atoms with van der Waals surface area (Å²) < 4.78 is 0. The zero-order chi connectivity index (χ0) is 9.90. The van der Waals surface area contributed by atoms with Gasteiger partial charge in [-0.25, -0.2) is 0 Å². The average molecular weight is 183 g/mol. The fraction of sp³-hybridized carbons (Fsp3) is 0.700. The lowest BCUT2D eigenvalue weighted by atomic mass is 9.92. The molecular weight excluding hydrogens is 166 g/mol. The number of hydrogen-bond donors (Lipinski definition) is 2. The van der Waals surface area contributed by atoms with Gasteiger partial charge in [0.2, 0.25) is 5.91 Å². The summed E-state index contributed by atoms with van der Waals surface area (Å²) in [6, 6.07) is 0. The van der Waals surface area contributed by atoms with E-state index in [1.165, 1.54) is 12.0 Å². The highest BCUT2D eigenvalue weighted by molar-refractivity contribution is 5.88. The quantitative estimate of drug-likeness (QED) is 0.641. The number of rotatable bonds is 3. The van der Waals surface area contributed by atoms with Gasteiger partial charge in [-0.3, -0.25) is 4.79 Å². The summed E-state index contributed by atoms with van der Waals surface area (Å²) in [7, 11) is 0. The second-order valence-corrected chi connectivity index (χ2v) is 4.19. The third-order valence-corrected chi connectivity index (χ3v) is 2.03. The number of allylic oxidation sites excluding steroid dienone is 1. The Morgan fingerprint density at radius 1 is 1.62 bits per heavy atom. The molecule has 13 heavy (non-hydrogen) atoms. The molecule has 0 aliphatic heterocycles. The van der Waals surface area contributed by atoms with E-state index in [9.17, 15) is 9.90 Å². The van der Waals surface area contributed by atoms with Crippen LogP contribution in [0, 0.1) is 0 Å². The van der Waals surface area contributed by atoms with Gasteiger partial charge < -0.3 is 10.4 Å². The smallest absolute Gasteiger partial charge is 0.244 e. The van der Waals surface area contributed by atoms with E-state index in [4.69, 9.17) is 0 Å². The molecule has 1 fully saturated rings. The van der Waals surface area contributed by atoms with Crippen molar-refractivity contribution in [3.63, 3.8) is 0 Å². The van der Waals surface area contributed by atoms with E-state index in [-0.39, 0.29) is 5.91 Å². The van der Waals surface area contributed by atoms with Crippen LogP contribution in [0.15, 0.2) is 11.6 Å². The third-order valence-electron chi connectivity index (χ3n) is 2.03. The summed E-state index contributed by atoms with van der Waals surface area (Å²) >= 11 is 0. The highest BCUT2D eigenvalue weighted by Crippen LogP contribution is 2.24. The van der Waals surface area contributed by atoms with Crippen LogP contribution in [-0.2, 0) is 4.79 Å². The molecule has 0 radical (unpaired) electrons. The van der Waals surface area contributed by atoms with Crippen LogP contribution in [0.5, 0.6) is 0 Å². The van der Waals surface area contributed by atoms with Gasteiger partial charge >= 0.3 is 0 Å².